The predicted molar refractivity (Wildman–Crippen MR) is 66.7 cm³/mol. The molecule has 15 heavy (non-hydrogen) atoms. The van der Waals surface area contributed by atoms with Crippen molar-refractivity contribution in [1.82, 2.24) is 10.2 Å². The molecule has 1 fully saturated rings. The summed E-state index contributed by atoms with van der Waals surface area (Å²) < 4.78 is 0. The molecular formula is C13H22N2. The first-order valence-corrected chi connectivity index (χ1v) is 5.62. The minimum atomic E-state index is 0.0237. The van der Waals surface area contributed by atoms with Crippen LogP contribution in [0.2, 0.25) is 0 Å². The molecule has 0 bridgehead atoms. The zero-order chi connectivity index (χ0) is 11.1. The van der Waals surface area contributed by atoms with Gasteiger partial charge in [0.2, 0.25) is 0 Å². The van der Waals surface area contributed by atoms with Crippen LogP contribution < -0.4 is 5.32 Å². The average molecular weight is 206 g/mol. The third-order valence-corrected chi connectivity index (χ3v) is 2.98. The molecule has 1 saturated heterocycles. The maximum Gasteiger partial charge on any atom is 0.0785 e. The van der Waals surface area contributed by atoms with Crippen molar-refractivity contribution in [3.8, 4) is 0 Å². The average Bonchev–Trinajstić information content (AvgIpc) is 2.23. The van der Waals surface area contributed by atoms with Gasteiger partial charge in [-0.05, 0) is 25.8 Å². The molecule has 0 atom stereocenters. The van der Waals surface area contributed by atoms with Crippen LogP contribution in [0, 0.1) is 0 Å². The van der Waals surface area contributed by atoms with Gasteiger partial charge in [-0.2, -0.15) is 0 Å². The highest BCUT2D eigenvalue weighted by molar-refractivity contribution is 5.01. The molecule has 1 heterocycles. The molecule has 0 aliphatic carbocycles. The third kappa shape index (κ3) is 2.80. The lowest BCUT2D eigenvalue weighted by molar-refractivity contribution is 0.0413. The summed E-state index contributed by atoms with van der Waals surface area (Å²) in [6, 6.07) is 0. The Morgan fingerprint density at radius 2 is 1.80 bits per heavy atom. The lowest BCUT2D eigenvalue weighted by Crippen LogP contribution is -2.62. The Labute approximate surface area is 93.4 Å². The predicted octanol–water partition coefficient (Wildman–Crippen LogP) is 2.32. The monoisotopic (exact) mass is 206 g/mol. The fraction of sp³-hybridized carbons (Fsp3) is 0.538. The van der Waals surface area contributed by atoms with E-state index >= 15 is 0 Å². The van der Waals surface area contributed by atoms with E-state index in [1.165, 1.54) is 6.42 Å². The van der Waals surface area contributed by atoms with Gasteiger partial charge in [0.25, 0.3) is 0 Å². The zero-order valence-electron chi connectivity index (χ0n) is 9.54. The summed E-state index contributed by atoms with van der Waals surface area (Å²) >= 11 is 0. The summed E-state index contributed by atoms with van der Waals surface area (Å²) in [5.41, 5.74) is 0.0237. The summed E-state index contributed by atoms with van der Waals surface area (Å²) in [7, 11) is 0. The van der Waals surface area contributed by atoms with E-state index < -0.39 is 0 Å². The molecular weight excluding hydrogens is 184 g/mol. The van der Waals surface area contributed by atoms with Gasteiger partial charge in [0.1, 0.15) is 0 Å². The number of nitrogens with zero attached hydrogens (tertiary/aromatic N) is 1. The molecule has 1 N–H and O–H groups in total. The quantitative estimate of drug-likeness (QED) is 0.671. The van der Waals surface area contributed by atoms with E-state index in [1.807, 2.05) is 18.2 Å². The second kappa shape index (κ2) is 5.89. The second-order valence-corrected chi connectivity index (χ2v) is 4.03. The normalized spacial score (nSPS) is 20.8. The maximum absolute atomic E-state index is 3.85. The van der Waals surface area contributed by atoms with E-state index in [4.69, 9.17) is 0 Å². The van der Waals surface area contributed by atoms with Gasteiger partial charge < -0.3 is 0 Å². The van der Waals surface area contributed by atoms with Crippen molar-refractivity contribution in [1.29, 1.82) is 0 Å². The number of hydrogen-bond donors (Lipinski definition) is 1. The lowest BCUT2D eigenvalue weighted by atomic mass is 9.96. The minimum absolute atomic E-state index is 0.0237. The minimum Gasteiger partial charge on any atom is -0.299 e. The van der Waals surface area contributed by atoms with E-state index in [0.29, 0.717) is 0 Å². The lowest BCUT2D eigenvalue weighted by Gasteiger charge is -2.47. The first-order valence-electron chi connectivity index (χ1n) is 5.62. The van der Waals surface area contributed by atoms with Gasteiger partial charge in [0.05, 0.1) is 5.66 Å². The zero-order valence-corrected chi connectivity index (χ0v) is 9.54. The van der Waals surface area contributed by atoms with Gasteiger partial charge >= 0.3 is 0 Å². The molecule has 1 rings (SSSR count). The van der Waals surface area contributed by atoms with Crippen molar-refractivity contribution >= 4 is 0 Å². The molecule has 2 nitrogen and oxygen atoms in total. The molecule has 1 aliphatic rings. The van der Waals surface area contributed by atoms with Crippen LogP contribution in [0.5, 0.6) is 0 Å². The Hall–Kier alpha value is -0.860. The van der Waals surface area contributed by atoms with Crippen molar-refractivity contribution in [3.63, 3.8) is 0 Å². The molecule has 0 amide bonds. The fourth-order valence-electron chi connectivity index (χ4n) is 2.30. The summed E-state index contributed by atoms with van der Waals surface area (Å²) in [5.74, 6) is 0. The van der Waals surface area contributed by atoms with E-state index in [1.54, 1.807) is 0 Å². The first-order chi connectivity index (χ1) is 7.29. The van der Waals surface area contributed by atoms with Crippen molar-refractivity contribution in [2.24, 2.45) is 0 Å². The van der Waals surface area contributed by atoms with Gasteiger partial charge in [0.15, 0.2) is 0 Å². The summed E-state index contributed by atoms with van der Waals surface area (Å²) in [5, 5.41) is 3.60. The van der Waals surface area contributed by atoms with Crippen molar-refractivity contribution in [3.05, 3.63) is 38.0 Å². The number of rotatable bonds is 6. The molecule has 0 spiro atoms. The molecule has 0 unspecified atom stereocenters. The van der Waals surface area contributed by atoms with Crippen LogP contribution in [0.15, 0.2) is 38.0 Å². The molecule has 2 heteroatoms. The summed E-state index contributed by atoms with van der Waals surface area (Å²) in [4.78, 5) is 2.44. The van der Waals surface area contributed by atoms with Crippen molar-refractivity contribution in [2.75, 3.05) is 19.6 Å². The van der Waals surface area contributed by atoms with E-state index in [2.05, 4.69) is 30.0 Å². The van der Waals surface area contributed by atoms with Crippen LogP contribution in [0.25, 0.3) is 0 Å². The van der Waals surface area contributed by atoms with Crippen molar-refractivity contribution < 1.29 is 0 Å². The van der Waals surface area contributed by atoms with Crippen LogP contribution in [-0.4, -0.2) is 30.2 Å². The molecule has 0 aromatic heterocycles. The van der Waals surface area contributed by atoms with Crippen LogP contribution in [0.4, 0.5) is 0 Å². The molecule has 84 valence electrons. The highest BCUT2D eigenvalue weighted by atomic mass is 15.3. The Bertz CT molecular complexity index is 223. The Morgan fingerprint density at radius 3 is 2.33 bits per heavy atom. The van der Waals surface area contributed by atoms with Crippen LogP contribution in [0.1, 0.15) is 19.3 Å². The summed E-state index contributed by atoms with van der Waals surface area (Å²) in [6.07, 6.45) is 9.04. The van der Waals surface area contributed by atoms with E-state index in [9.17, 15) is 0 Å². The molecule has 0 saturated carbocycles. The maximum atomic E-state index is 3.85. The topological polar surface area (TPSA) is 15.3 Å². The van der Waals surface area contributed by atoms with Gasteiger partial charge in [0, 0.05) is 13.1 Å². The van der Waals surface area contributed by atoms with E-state index in [0.717, 1.165) is 32.5 Å². The highest BCUT2D eigenvalue weighted by Crippen LogP contribution is 2.25. The smallest absolute Gasteiger partial charge is 0.0785 e. The van der Waals surface area contributed by atoms with Gasteiger partial charge in [-0.1, -0.05) is 18.2 Å². The van der Waals surface area contributed by atoms with Crippen molar-refractivity contribution in [2.45, 2.75) is 24.9 Å². The first kappa shape index (κ1) is 12.2. The highest BCUT2D eigenvalue weighted by Gasteiger charge is 2.35. The van der Waals surface area contributed by atoms with Crippen LogP contribution >= 0.6 is 0 Å². The van der Waals surface area contributed by atoms with Gasteiger partial charge in [-0.15, -0.1) is 19.7 Å². The molecule has 0 radical (unpaired) electrons. The van der Waals surface area contributed by atoms with Gasteiger partial charge in [-0.25, -0.2) is 0 Å². The third-order valence-electron chi connectivity index (χ3n) is 2.98. The Balaban J connectivity index is 2.81. The Kier molecular flexibility index (Phi) is 4.79. The molecule has 0 aromatic rings. The van der Waals surface area contributed by atoms with Crippen LogP contribution in [-0.2, 0) is 0 Å². The SMILES string of the molecule is C=CCN1CCCNC1(CC=C)CC=C. The van der Waals surface area contributed by atoms with E-state index in [-0.39, 0.29) is 5.66 Å². The largest absolute Gasteiger partial charge is 0.299 e. The number of nitrogens with one attached hydrogen (secondary N) is 1. The van der Waals surface area contributed by atoms with Gasteiger partial charge in [-0.3, -0.25) is 10.2 Å². The standard InChI is InChI=1S/C13H22N2/c1-4-8-13(9-5-2)14-10-7-12-15(13)11-6-3/h4-6,14H,1-3,7-12H2. The molecule has 1 aliphatic heterocycles. The fourth-order valence-corrected chi connectivity index (χ4v) is 2.30. The number of hydrogen-bond acceptors (Lipinski definition) is 2. The summed E-state index contributed by atoms with van der Waals surface area (Å²) in [6.45, 7) is 14.6. The van der Waals surface area contributed by atoms with Crippen LogP contribution in [0.3, 0.4) is 0 Å². The Morgan fingerprint density at radius 1 is 1.13 bits per heavy atom. The molecule has 0 aromatic carbocycles. The second-order valence-electron chi connectivity index (χ2n) is 4.03.